The molecule has 0 bridgehead atoms. The van der Waals surface area contributed by atoms with Crippen molar-refractivity contribution in [1.29, 1.82) is 0 Å². The van der Waals surface area contributed by atoms with Gasteiger partial charge in [0, 0.05) is 30.3 Å². The summed E-state index contributed by atoms with van der Waals surface area (Å²) in [4.78, 5) is 6.91. The minimum Gasteiger partial charge on any atom is -0.370 e. The lowest BCUT2D eigenvalue weighted by atomic mass is 10.1. The Morgan fingerprint density at radius 1 is 1.50 bits per heavy atom. The molecule has 1 unspecified atom stereocenters. The molecule has 1 aromatic heterocycles. The third-order valence-corrected chi connectivity index (χ3v) is 3.76. The Bertz CT molecular complexity index is 364. The van der Waals surface area contributed by atoms with Gasteiger partial charge in [-0.1, -0.05) is 13.8 Å². The Morgan fingerprint density at radius 2 is 2.33 bits per heavy atom. The highest BCUT2D eigenvalue weighted by Gasteiger charge is 2.22. The van der Waals surface area contributed by atoms with Crippen LogP contribution in [0.4, 0.5) is 5.82 Å². The second-order valence-electron chi connectivity index (χ2n) is 5.55. The maximum absolute atomic E-state index is 4.34. The van der Waals surface area contributed by atoms with E-state index in [-0.39, 0.29) is 0 Å². The number of aromatic nitrogens is 1. The predicted molar refractivity (Wildman–Crippen MR) is 79.8 cm³/mol. The van der Waals surface area contributed by atoms with E-state index in [1.54, 1.807) is 0 Å². The summed E-state index contributed by atoms with van der Waals surface area (Å²) < 4.78 is 1.03. The molecule has 3 nitrogen and oxygen atoms in total. The fourth-order valence-electron chi connectivity index (χ4n) is 2.49. The second kappa shape index (κ2) is 6.53. The molecule has 1 aliphatic heterocycles. The van der Waals surface area contributed by atoms with Crippen molar-refractivity contribution in [3.05, 3.63) is 22.8 Å². The van der Waals surface area contributed by atoms with Crippen molar-refractivity contribution in [2.75, 3.05) is 31.5 Å². The molecule has 1 aromatic rings. The Kier molecular flexibility index (Phi) is 5.01. The number of pyridine rings is 1. The van der Waals surface area contributed by atoms with E-state index in [0.29, 0.717) is 0 Å². The fourth-order valence-corrected chi connectivity index (χ4v) is 2.73. The molecule has 2 rings (SSSR count). The van der Waals surface area contributed by atoms with Crippen molar-refractivity contribution in [3.63, 3.8) is 0 Å². The van der Waals surface area contributed by atoms with Crippen LogP contribution in [0, 0.1) is 11.8 Å². The van der Waals surface area contributed by atoms with Gasteiger partial charge in [0.2, 0.25) is 0 Å². The number of hydrogen-bond acceptors (Lipinski definition) is 3. The van der Waals surface area contributed by atoms with E-state index in [2.05, 4.69) is 45.0 Å². The first-order valence-corrected chi connectivity index (χ1v) is 7.50. The fraction of sp³-hybridized carbons (Fsp3) is 0.643. The van der Waals surface area contributed by atoms with Crippen LogP contribution in [0.15, 0.2) is 22.8 Å². The van der Waals surface area contributed by atoms with E-state index < -0.39 is 0 Å². The average Bonchev–Trinajstić information content (AvgIpc) is 2.75. The number of likely N-dealkylation sites (tertiary alicyclic amines) is 1. The van der Waals surface area contributed by atoms with E-state index in [9.17, 15) is 0 Å². The van der Waals surface area contributed by atoms with Gasteiger partial charge in [-0.25, -0.2) is 4.98 Å². The maximum atomic E-state index is 4.34. The summed E-state index contributed by atoms with van der Waals surface area (Å²) in [5, 5.41) is 3.43. The molecule has 0 radical (unpaired) electrons. The summed E-state index contributed by atoms with van der Waals surface area (Å²) in [6, 6.07) is 4.04. The number of rotatable bonds is 5. The number of anilines is 1. The standard InChI is InChI=1S/C14H22BrN3/c1-11(2)9-18-6-5-12(10-18)7-16-14-4-3-13(15)8-17-14/h3-4,8,11-12H,5-7,9-10H2,1-2H3,(H,16,17). The number of nitrogens with zero attached hydrogens (tertiary/aromatic N) is 2. The van der Waals surface area contributed by atoms with Crippen LogP contribution in [0.1, 0.15) is 20.3 Å². The molecule has 1 aliphatic rings. The summed E-state index contributed by atoms with van der Waals surface area (Å²) in [5.41, 5.74) is 0. The van der Waals surface area contributed by atoms with E-state index >= 15 is 0 Å². The van der Waals surface area contributed by atoms with Crippen molar-refractivity contribution in [3.8, 4) is 0 Å². The van der Waals surface area contributed by atoms with Gasteiger partial charge in [0.1, 0.15) is 5.82 Å². The van der Waals surface area contributed by atoms with E-state index in [0.717, 1.165) is 28.7 Å². The van der Waals surface area contributed by atoms with Crippen LogP contribution >= 0.6 is 15.9 Å². The minimum atomic E-state index is 0.759. The normalized spacial score (nSPS) is 20.6. The Balaban J connectivity index is 1.73. The molecule has 2 heterocycles. The highest BCUT2D eigenvalue weighted by atomic mass is 79.9. The first kappa shape index (κ1) is 13.8. The van der Waals surface area contributed by atoms with Crippen LogP contribution in [0.25, 0.3) is 0 Å². The van der Waals surface area contributed by atoms with Crippen LogP contribution in [0.5, 0.6) is 0 Å². The molecule has 18 heavy (non-hydrogen) atoms. The highest BCUT2D eigenvalue weighted by Crippen LogP contribution is 2.18. The third-order valence-electron chi connectivity index (χ3n) is 3.29. The molecule has 0 spiro atoms. The lowest BCUT2D eigenvalue weighted by Gasteiger charge is -2.18. The largest absolute Gasteiger partial charge is 0.370 e. The summed E-state index contributed by atoms with van der Waals surface area (Å²) in [6.07, 6.45) is 3.14. The summed E-state index contributed by atoms with van der Waals surface area (Å²) in [7, 11) is 0. The van der Waals surface area contributed by atoms with Crippen LogP contribution in [-0.4, -0.2) is 36.1 Å². The first-order chi connectivity index (χ1) is 8.63. The van der Waals surface area contributed by atoms with E-state index in [1.165, 1.54) is 26.1 Å². The summed E-state index contributed by atoms with van der Waals surface area (Å²) in [6.45, 7) is 9.31. The molecule has 0 aromatic carbocycles. The topological polar surface area (TPSA) is 28.2 Å². The number of nitrogens with one attached hydrogen (secondary N) is 1. The maximum Gasteiger partial charge on any atom is 0.125 e. The van der Waals surface area contributed by atoms with Gasteiger partial charge in [-0.05, 0) is 52.9 Å². The van der Waals surface area contributed by atoms with Gasteiger partial charge in [0.25, 0.3) is 0 Å². The minimum absolute atomic E-state index is 0.759. The van der Waals surface area contributed by atoms with Crippen LogP contribution in [0.2, 0.25) is 0 Å². The lowest BCUT2D eigenvalue weighted by Crippen LogP contribution is -2.26. The molecule has 1 N–H and O–H groups in total. The van der Waals surface area contributed by atoms with Gasteiger partial charge in [0.15, 0.2) is 0 Å². The molecule has 4 heteroatoms. The molecule has 1 atom stereocenters. The molecule has 0 saturated carbocycles. The SMILES string of the molecule is CC(C)CN1CCC(CNc2ccc(Br)cn2)C1. The van der Waals surface area contributed by atoms with Crippen molar-refractivity contribution in [2.45, 2.75) is 20.3 Å². The quantitative estimate of drug-likeness (QED) is 0.905. The van der Waals surface area contributed by atoms with Gasteiger partial charge < -0.3 is 10.2 Å². The van der Waals surface area contributed by atoms with Crippen LogP contribution in [-0.2, 0) is 0 Å². The van der Waals surface area contributed by atoms with Crippen molar-refractivity contribution >= 4 is 21.7 Å². The zero-order valence-electron chi connectivity index (χ0n) is 11.2. The first-order valence-electron chi connectivity index (χ1n) is 6.71. The molecule has 1 saturated heterocycles. The molecular weight excluding hydrogens is 290 g/mol. The molecular formula is C14H22BrN3. The molecule has 0 amide bonds. The summed E-state index contributed by atoms with van der Waals surface area (Å²) >= 11 is 3.40. The van der Waals surface area contributed by atoms with Crippen molar-refractivity contribution in [2.24, 2.45) is 11.8 Å². The van der Waals surface area contributed by atoms with Crippen molar-refractivity contribution < 1.29 is 0 Å². The monoisotopic (exact) mass is 311 g/mol. The van der Waals surface area contributed by atoms with E-state index in [4.69, 9.17) is 0 Å². The molecule has 0 aliphatic carbocycles. The van der Waals surface area contributed by atoms with Gasteiger partial charge in [0.05, 0.1) is 0 Å². The molecule has 100 valence electrons. The third kappa shape index (κ3) is 4.25. The second-order valence-corrected chi connectivity index (χ2v) is 6.47. The Labute approximate surface area is 118 Å². The van der Waals surface area contributed by atoms with Gasteiger partial charge in [-0.2, -0.15) is 0 Å². The van der Waals surface area contributed by atoms with Gasteiger partial charge in [-0.15, -0.1) is 0 Å². The number of halogens is 1. The highest BCUT2D eigenvalue weighted by molar-refractivity contribution is 9.10. The molecule has 1 fully saturated rings. The van der Waals surface area contributed by atoms with Crippen LogP contribution < -0.4 is 5.32 Å². The van der Waals surface area contributed by atoms with E-state index in [1.807, 2.05) is 18.3 Å². The Hall–Kier alpha value is -0.610. The smallest absolute Gasteiger partial charge is 0.125 e. The Morgan fingerprint density at radius 3 is 3.00 bits per heavy atom. The number of hydrogen-bond donors (Lipinski definition) is 1. The average molecular weight is 312 g/mol. The summed E-state index contributed by atoms with van der Waals surface area (Å²) in [5.74, 6) is 2.50. The van der Waals surface area contributed by atoms with Gasteiger partial charge in [-0.3, -0.25) is 0 Å². The zero-order valence-corrected chi connectivity index (χ0v) is 12.8. The van der Waals surface area contributed by atoms with Crippen molar-refractivity contribution in [1.82, 2.24) is 9.88 Å². The predicted octanol–water partition coefficient (Wildman–Crippen LogP) is 3.23. The van der Waals surface area contributed by atoms with Gasteiger partial charge >= 0.3 is 0 Å². The van der Waals surface area contributed by atoms with Crippen LogP contribution in [0.3, 0.4) is 0 Å². The lowest BCUT2D eigenvalue weighted by molar-refractivity contribution is 0.289. The zero-order chi connectivity index (χ0) is 13.0.